The average Bonchev–Trinajstić information content (AvgIpc) is 0.938. The van der Waals surface area contributed by atoms with E-state index < -0.39 is 132 Å². The number of benzene rings is 3. The normalized spacial score (nSPS) is 25.4. The molecule has 3 aromatic carbocycles. The number of nitrogens with two attached hydrogens (primary N) is 1. The fourth-order valence-corrected chi connectivity index (χ4v) is 12.8. The zero-order valence-electron chi connectivity index (χ0n) is 49.9. The second-order valence-electron chi connectivity index (χ2n) is 23.8. The third kappa shape index (κ3) is 14.0. The first-order chi connectivity index (χ1) is 42.0. The Bertz CT molecular complexity index is 3170. The van der Waals surface area contributed by atoms with E-state index in [-0.39, 0.29) is 96.7 Å². The van der Waals surface area contributed by atoms with Gasteiger partial charge in [-0.2, -0.15) is 0 Å². The van der Waals surface area contributed by atoms with Crippen LogP contribution in [0, 0.1) is 17.8 Å². The number of ketones is 3. The highest BCUT2D eigenvalue weighted by Gasteiger charge is 2.55. The number of rotatable bonds is 25. The molecule has 476 valence electrons. The molecule has 0 spiro atoms. The summed E-state index contributed by atoms with van der Waals surface area (Å²) in [6.07, 6.45) is -3.04. The quantitative estimate of drug-likeness (QED) is 0.0151. The number of carbonyl (C=O) groups excluding carboxylic acids is 9. The van der Waals surface area contributed by atoms with Gasteiger partial charge in [0.15, 0.2) is 30.4 Å². The molecule has 88 heavy (non-hydrogen) atoms. The first-order valence-electron chi connectivity index (χ1n) is 30.0. The van der Waals surface area contributed by atoms with Crippen molar-refractivity contribution in [3.63, 3.8) is 0 Å². The van der Waals surface area contributed by atoms with Gasteiger partial charge in [-0.05, 0) is 75.1 Å². The van der Waals surface area contributed by atoms with Crippen LogP contribution in [0.2, 0.25) is 0 Å². The zero-order chi connectivity index (χ0) is 63.3. The molecular weight excluding hydrogens is 1150 g/mol. The molecule has 1 unspecified atom stereocenters. The van der Waals surface area contributed by atoms with Crippen LogP contribution in [0.15, 0.2) is 42.5 Å². The van der Waals surface area contributed by atoms with Crippen LogP contribution in [0.4, 0.5) is 15.3 Å². The van der Waals surface area contributed by atoms with Crippen molar-refractivity contribution >= 4 is 58.9 Å². The standard InChI is InChI=1S/C62H78N6O20/c1-31(2)39(66-44(71)14-7-6-8-22-68-45(72)25-32(3)57(68)78)20-17-35(11-10-21-64-60(63)79)56(77)65-36-18-15-34(16-19-36)30-84-61(80)87-41-13-9-12-37-47(41)53(75)50-49(51(37)73)52(74)38-27-62(81,43(70)29-69)28-42(48(38)54(50)76)86-46-26-40-55(33(4)85-46)88-58-59(82-5)83-24-23-67(40)58/h9,12-13,15-16,18-19,31-33,35,39-40,42,46,55,58-59,69,74,76,81H,6-8,10-11,14,17,20-30H2,1-5H3,(H,65,77)(H,66,71)(H3,63,64,79)/t32?,33-,35+,39+,40-,42-,46-,55+,58+,59-,62-/m0/s1. The Labute approximate surface area is 508 Å². The first-order valence-corrected chi connectivity index (χ1v) is 30.0. The minimum absolute atomic E-state index is 0.0360. The Morgan fingerprint density at radius 3 is 2.34 bits per heavy atom. The van der Waals surface area contributed by atoms with Crippen molar-refractivity contribution in [3.05, 3.63) is 81.4 Å². The highest BCUT2D eigenvalue weighted by Crippen LogP contribution is 2.53. The van der Waals surface area contributed by atoms with Crippen LogP contribution in [-0.2, 0) is 65.4 Å². The number of ether oxygens (including phenoxy) is 7. The SMILES string of the molecule is CO[C@H]1OCCN2[C@@H]1O[C@@H]1[C@H](C)O[C@@H](O[C@H]3C[C@](O)(C(=O)CO)Cc4c(O)c5c(c(O)c43)C(=O)c3c(OC(=O)OCc4ccc(NC(=O)[C@H](CCCNC(N)=O)CC[C@@H](NC(=O)CCCCCN6C(=O)CC(C)C6=O)C(C)C)cc4)cccc3C5=O)C[C@@H]12. The molecule has 6 aliphatic rings. The maximum atomic E-state index is 14.7. The number of imide groups is 1. The number of aliphatic hydroxyl groups excluding tert-OH is 1. The number of phenolic OH excluding ortho intramolecular Hbond substituents is 2. The topological polar surface area (TPSA) is 368 Å². The van der Waals surface area contributed by atoms with Gasteiger partial charge < -0.3 is 75.3 Å². The van der Waals surface area contributed by atoms with Gasteiger partial charge in [0.25, 0.3) is 0 Å². The number of nitrogens with zero attached hydrogens (tertiary/aromatic N) is 2. The van der Waals surface area contributed by atoms with E-state index in [1.165, 1.54) is 30.2 Å². The highest BCUT2D eigenvalue weighted by molar-refractivity contribution is 6.31. The number of unbranched alkanes of at least 4 members (excludes halogenated alkanes) is 2. The number of aromatic hydroxyl groups is 2. The average molecular weight is 1230 g/mol. The van der Waals surface area contributed by atoms with Gasteiger partial charge in [-0.25, -0.2) is 9.59 Å². The second kappa shape index (κ2) is 27.9. The van der Waals surface area contributed by atoms with E-state index in [0.717, 1.165) is 0 Å². The second-order valence-corrected chi connectivity index (χ2v) is 23.8. The summed E-state index contributed by atoms with van der Waals surface area (Å²) in [4.78, 5) is 122. The summed E-state index contributed by atoms with van der Waals surface area (Å²) in [5.41, 5.74) is 1.27. The molecule has 4 aliphatic heterocycles. The number of hydrogen-bond donors (Lipinski definition) is 8. The summed E-state index contributed by atoms with van der Waals surface area (Å²) >= 11 is 0. The summed E-state index contributed by atoms with van der Waals surface area (Å²) in [6.45, 7) is 7.47. The minimum Gasteiger partial charge on any atom is -0.507 e. The number of urea groups is 1. The monoisotopic (exact) mass is 1230 g/mol. The lowest BCUT2D eigenvalue weighted by Crippen LogP contribution is -2.55. The largest absolute Gasteiger partial charge is 0.514 e. The summed E-state index contributed by atoms with van der Waals surface area (Å²) in [5.74, 6) is -6.61. The van der Waals surface area contributed by atoms with Crippen molar-refractivity contribution in [3.8, 4) is 17.2 Å². The number of phenols is 2. The number of likely N-dealkylation sites (tertiary alicyclic amines) is 1. The molecule has 0 radical (unpaired) electrons. The van der Waals surface area contributed by atoms with Gasteiger partial charge in [0, 0.05) is 105 Å². The van der Waals surface area contributed by atoms with Gasteiger partial charge in [-0.15, -0.1) is 0 Å². The molecule has 2 aliphatic carbocycles. The minimum atomic E-state index is -2.37. The van der Waals surface area contributed by atoms with Gasteiger partial charge in [0.2, 0.25) is 29.4 Å². The maximum Gasteiger partial charge on any atom is 0.514 e. The van der Waals surface area contributed by atoms with E-state index in [2.05, 4.69) is 20.9 Å². The molecule has 9 rings (SSSR count). The molecule has 4 fully saturated rings. The van der Waals surface area contributed by atoms with E-state index >= 15 is 0 Å². The van der Waals surface area contributed by atoms with Crippen LogP contribution in [0.5, 0.6) is 17.2 Å². The fourth-order valence-electron chi connectivity index (χ4n) is 12.8. The van der Waals surface area contributed by atoms with Gasteiger partial charge in [-0.3, -0.25) is 43.4 Å². The Hall–Kier alpha value is -7.43. The van der Waals surface area contributed by atoms with Crippen molar-refractivity contribution in [1.82, 2.24) is 20.4 Å². The number of amides is 6. The molecule has 0 bridgehead atoms. The number of hydrogen-bond acceptors (Lipinski definition) is 21. The smallest absolute Gasteiger partial charge is 0.507 e. The fraction of sp³-hybridized carbons (Fsp3) is 0.565. The predicted molar refractivity (Wildman–Crippen MR) is 308 cm³/mol. The molecular formula is C62H78N6O20. The molecule has 4 saturated heterocycles. The van der Waals surface area contributed by atoms with E-state index in [1.54, 1.807) is 38.1 Å². The van der Waals surface area contributed by atoms with Crippen molar-refractivity contribution in [2.75, 3.05) is 45.3 Å². The Balaban J connectivity index is 0.829. The number of fused-ring (bicyclic) bond motifs is 6. The Morgan fingerprint density at radius 2 is 1.65 bits per heavy atom. The lowest BCUT2D eigenvalue weighted by molar-refractivity contribution is -0.256. The number of primary amides is 1. The Kier molecular flexibility index (Phi) is 20.7. The predicted octanol–water partition coefficient (Wildman–Crippen LogP) is 4.30. The summed E-state index contributed by atoms with van der Waals surface area (Å²) in [5, 5.41) is 54.5. The lowest BCUT2D eigenvalue weighted by Gasteiger charge is -2.43. The van der Waals surface area contributed by atoms with Crippen molar-refractivity contribution < 1.29 is 96.7 Å². The molecule has 26 heteroatoms. The number of aliphatic hydroxyl groups is 2. The number of carbonyl (C=O) groups is 9. The third-order valence-electron chi connectivity index (χ3n) is 17.5. The summed E-state index contributed by atoms with van der Waals surface area (Å²) < 4.78 is 41.3. The first kappa shape index (κ1) is 65.0. The lowest BCUT2D eigenvalue weighted by atomic mass is 9.72. The maximum absolute atomic E-state index is 14.7. The van der Waals surface area contributed by atoms with Crippen molar-refractivity contribution in [2.45, 2.75) is 166 Å². The van der Waals surface area contributed by atoms with Crippen LogP contribution in [0.1, 0.15) is 153 Å². The highest BCUT2D eigenvalue weighted by atomic mass is 16.7. The number of methoxy groups -OCH3 is 1. The Morgan fingerprint density at radius 1 is 0.898 bits per heavy atom. The zero-order valence-corrected chi connectivity index (χ0v) is 49.9. The molecule has 6 amide bonds. The van der Waals surface area contributed by atoms with Gasteiger partial charge in [0.1, 0.15) is 42.2 Å². The van der Waals surface area contributed by atoms with Gasteiger partial charge >= 0.3 is 12.2 Å². The van der Waals surface area contributed by atoms with Crippen LogP contribution >= 0.6 is 0 Å². The number of morpholine rings is 1. The van der Waals surface area contributed by atoms with E-state index in [9.17, 15) is 63.6 Å². The molecule has 0 saturated carbocycles. The van der Waals surface area contributed by atoms with Crippen molar-refractivity contribution in [1.29, 1.82) is 0 Å². The molecule has 0 aromatic heterocycles. The summed E-state index contributed by atoms with van der Waals surface area (Å²) in [6, 6.07) is 8.99. The van der Waals surface area contributed by atoms with Gasteiger partial charge in [0.05, 0.1) is 35.5 Å². The van der Waals surface area contributed by atoms with Crippen molar-refractivity contribution in [2.24, 2.45) is 23.5 Å². The van der Waals surface area contributed by atoms with Crippen LogP contribution < -0.4 is 26.4 Å². The number of anilines is 1. The molecule has 26 nitrogen and oxygen atoms in total. The van der Waals surface area contributed by atoms with E-state index in [1.807, 2.05) is 13.8 Å². The number of nitrogens with one attached hydrogen (secondary N) is 3. The van der Waals surface area contributed by atoms with E-state index in [4.69, 9.17) is 38.9 Å². The van der Waals surface area contributed by atoms with Crippen LogP contribution in [-0.4, -0.2) is 172 Å². The van der Waals surface area contributed by atoms with Crippen LogP contribution in [0.3, 0.4) is 0 Å². The van der Waals surface area contributed by atoms with Gasteiger partial charge in [-0.1, -0.05) is 51.5 Å². The van der Waals surface area contributed by atoms with E-state index in [0.29, 0.717) is 75.9 Å². The number of Topliss-reactive ketones (excluding diaryl/α,β-unsaturated/α-hetero) is 1. The van der Waals surface area contributed by atoms with Crippen LogP contribution in [0.25, 0.3) is 0 Å². The molecule has 9 N–H and O–H groups in total. The molecule has 4 heterocycles. The third-order valence-corrected chi connectivity index (χ3v) is 17.5. The molecule has 11 atom stereocenters. The summed E-state index contributed by atoms with van der Waals surface area (Å²) in [7, 11) is 1.51. The molecule has 3 aromatic rings.